The molecule has 2 heteroatoms. The van der Waals surface area contributed by atoms with E-state index in [1.807, 2.05) is 0 Å². The molecule has 2 aromatic heterocycles. The third-order valence-corrected chi connectivity index (χ3v) is 18.3. The summed E-state index contributed by atoms with van der Waals surface area (Å²) >= 11 is 0. The number of benzene rings is 7. The van der Waals surface area contributed by atoms with Crippen molar-refractivity contribution in [1.82, 2.24) is 9.13 Å². The van der Waals surface area contributed by atoms with Crippen molar-refractivity contribution in [3.8, 4) is 33.6 Å². The molecule has 0 saturated heterocycles. The van der Waals surface area contributed by atoms with Crippen LogP contribution in [0.3, 0.4) is 0 Å². The van der Waals surface area contributed by atoms with Gasteiger partial charge in [0.25, 0.3) is 0 Å². The number of hydrogen-bond donors (Lipinski definition) is 0. The molecule has 0 aliphatic heterocycles. The van der Waals surface area contributed by atoms with Crippen LogP contribution in [0, 0.1) is 10.8 Å². The summed E-state index contributed by atoms with van der Waals surface area (Å²) in [6, 6.07) is 55.3. The van der Waals surface area contributed by atoms with Crippen LogP contribution in [0.2, 0.25) is 0 Å². The van der Waals surface area contributed by atoms with Gasteiger partial charge in [0.15, 0.2) is 0 Å². The van der Waals surface area contributed by atoms with E-state index in [-0.39, 0.29) is 32.5 Å². The summed E-state index contributed by atoms with van der Waals surface area (Å²) in [6.45, 7) is 29.4. The summed E-state index contributed by atoms with van der Waals surface area (Å²) in [6.07, 6.45) is 0. The smallest absolute Gasteiger partial charge is 0.0544 e. The van der Waals surface area contributed by atoms with Gasteiger partial charge >= 0.3 is 0 Å². The predicted molar refractivity (Wildman–Crippen MR) is 266 cm³/mol. The van der Waals surface area contributed by atoms with Gasteiger partial charge in [-0.3, -0.25) is 0 Å². The van der Waals surface area contributed by atoms with Crippen molar-refractivity contribution >= 4 is 43.6 Å². The van der Waals surface area contributed by atoms with Crippen LogP contribution in [0.1, 0.15) is 105 Å². The van der Waals surface area contributed by atoms with Crippen LogP contribution in [-0.4, -0.2) is 9.13 Å². The van der Waals surface area contributed by atoms with Gasteiger partial charge in [0, 0.05) is 32.9 Å². The van der Waals surface area contributed by atoms with Gasteiger partial charge < -0.3 is 9.13 Å². The minimum atomic E-state index is 0.0263. The molecule has 7 aromatic carbocycles. The van der Waals surface area contributed by atoms with Gasteiger partial charge in [0.2, 0.25) is 0 Å². The zero-order valence-corrected chi connectivity index (χ0v) is 38.8. The Hall–Kier alpha value is -5.86. The lowest BCUT2D eigenvalue weighted by atomic mass is 9.59. The molecule has 310 valence electrons. The Morgan fingerprint density at radius 2 is 0.565 bits per heavy atom. The number of rotatable bonds is 4. The minimum absolute atomic E-state index is 0.0263. The molecule has 2 aliphatic carbocycles. The lowest BCUT2D eigenvalue weighted by molar-refractivity contribution is 0.125. The van der Waals surface area contributed by atoms with Crippen molar-refractivity contribution in [3.05, 3.63) is 168 Å². The number of nitrogens with zero attached hydrogens (tertiary/aromatic N) is 2. The van der Waals surface area contributed by atoms with Crippen LogP contribution in [0.15, 0.2) is 146 Å². The fourth-order valence-corrected chi connectivity index (χ4v) is 12.0. The molecule has 0 atom stereocenters. The van der Waals surface area contributed by atoms with Crippen LogP contribution in [0.5, 0.6) is 0 Å². The lowest BCUT2D eigenvalue weighted by Gasteiger charge is -2.44. The van der Waals surface area contributed by atoms with E-state index in [0.717, 1.165) is 0 Å². The van der Waals surface area contributed by atoms with Crippen molar-refractivity contribution in [3.63, 3.8) is 0 Å². The first-order valence-corrected chi connectivity index (χ1v) is 22.8. The van der Waals surface area contributed by atoms with E-state index in [9.17, 15) is 0 Å². The normalized spacial score (nSPS) is 18.8. The minimum Gasteiger partial charge on any atom is -0.309 e. The van der Waals surface area contributed by atoms with Gasteiger partial charge in [-0.1, -0.05) is 156 Å². The highest BCUT2D eigenvalue weighted by Gasteiger charge is 2.58. The highest BCUT2D eigenvalue weighted by atomic mass is 15.0. The molecule has 0 saturated carbocycles. The van der Waals surface area contributed by atoms with Gasteiger partial charge in [-0.2, -0.15) is 0 Å². The molecule has 0 bridgehead atoms. The average Bonchev–Trinajstić information content (AvgIpc) is 3.82. The topological polar surface area (TPSA) is 9.86 Å². The zero-order valence-electron chi connectivity index (χ0n) is 38.8. The molecule has 2 aliphatic rings. The quantitative estimate of drug-likeness (QED) is 0.168. The van der Waals surface area contributed by atoms with E-state index < -0.39 is 0 Å². The molecule has 0 unspecified atom stereocenters. The van der Waals surface area contributed by atoms with Crippen LogP contribution >= 0.6 is 0 Å². The van der Waals surface area contributed by atoms with Crippen molar-refractivity contribution in [2.75, 3.05) is 0 Å². The van der Waals surface area contributed by atoms with Crippen molar-refractivity contribution < 1.29 is 0 Å². The van der Waals surface area contributed by atoms with Gasteiger partial charge in [-0.15, -0.1) is 0 Å². The molecule has 62 heavy (non-hydrogen) atoms. The second kappa shape index (κ2) is 12.4. The molecular formula is C60H60N2. The van der Waals surface area contributed by atoms with Gasteiger partial charge in [0.05, 0.1) is 22.1 Å². The van der Waals surface area contributed by atoms with E-state index in [0.29, 0.717) is 0 Å². The molecule has 2 heterocycles. The summed E-state index contributed by atoms with van der Waals surface area (Å²) in [5.74, 6) is 0. The highest BCUT2D eigenvalue weighted by Crippen LogP contribution is 2.64. The van der Waals surface area contributed by atoms with Crippen molar-refractivity contribution in [2.24, 2.45) is 10.8 Å². The Bertz CT molecular complexity index is 3080. The average molecular weight is 809 g/mol. The Labute approximate surface area is 368 Å². The van der Waals surface area contributed by atoms with Gasteiger partial charge in [0.1, 0.15) is 0 Å². The number of fused-ring (bicyclic) bond motifs is 8. The maximum Gasteiger partial charge on any atom is 0.0544 e. The van der Waals surface area contributed by atoms with Crippen molar-refractivity contribution in [2.45, 2.75) is 105 Å². The largest absolute Gasteiger partial charge is 0.309 e. The molecule has 9 aromatic rings. The molecule has 11 rings (SSSR count). The van der Waals surface area contributed by atoms with Gasteiger partial charge in [-0.25, -0.2) is 0 Å². The van der Waals surface area contributed by atoms with E-state index in [4.69, 9.17) is 0 Å². The summed E-state index contributed by atoms with van der Waals surface area (Å²) in [4.78, 5) is 0. The number of aromatic nitrogens is 2. The summed E-state index contributed by atoms with van der Waals surface area (Å²) in [5, 5.41) is 5.25. The number of para-hydroxylation sites is 2. The maximum absolute atomic E-state index is 2.54. The molecule has 0 amide bonds. The first kappa shape index (κ1) is 39.0. The second-order valence-electron chi connectivity index (χ2n) is 22.0. The Balaban J connectivity index is 1.04. The zero-order chi connectivity index (χ0) is 43.5. The number of hydrogen-bond acceptors (Lipinski definition) is 0. The molecular weight excluding hydrogens is 749 g/mol. The van der Waals surface area contributed by atoms with Gasteiger partial charge in [-0.05, 0) is 150 Å². The standard InChI is InChI=1S/C60H60N2/c1-55(2)47-33-45-43-31-39(27-29-51(43)61(41-19-15-13-16-20-41)53(45)35-49(47)57(5,6)59(55,9)10)37-23-25-38(26-24-37)40-28-30-52-44(32-40)46-34-48-50(58(7,8)60(11,12)56(48,3)4)36-54(46)62(52)42-21-17-14-18-22-42/h13-36H,1-12H3. The van der Waals surface area contributed by atoms with E-state index in [1.165, 1.54) is 99.5 Å². The SMILES string of the molecule is CC1(C)c2cc3c4cc(-c5ccc(-c6ccc7c(c6)c6cc8c(cc6n7-c6ccccc6)C(C)(C)C(C)(C)C8(C)C)cc5)ccc4n(-c4ccccc4)c3cc2C(C)(C)C1(C)C. The first-order chi connectivity index (χ1) is 29.3. The van der Waals surface area contributed by atoms with Crippen LogP contribution in [0.25, 0.3) is 77.2 Å². The second-order valence-corrected chi connectivity index (χ2v) is 22.0. The maximum atomic E-state index is 2.54. The summed E-state index contributed by atoms with van der Waals surface area (Å²) in [5.41, 5.74) is 18.6. The summed E-state index contributed by atoms with van der Waals surface area (Å²) < 4.78 is 4.96. The monoisotopic (exact) mass is 808 g/mol. The Kier molecular flexibility index (Phi) is 7.81. The Morgan fingerprint density at radius 3 is 0.903 bits per heavy atom. The van der Waals surface area contributed by atoms with E-state index in [1.54, 1.807) is 0 Å². The first-order valence-electron chi connectivity index (χ1n) is 22.8. The molecule has 0 N–H and O–H groups in total. The van der Waals surface area contributed by atoms with Crippen molar-refractivity contribution in [1.29, 1.82) is 0 Å². The fourth-order valence-electron chi connectivity index (χ4n) is 12.0. The predicted octanol–water partition coefficient (Wildman–Crippen LogP) is 16.4. The molecule has 0 fully saturated rings. The Morgan fingerprint density at radius 1 is 0.274 bits per heavy atom. The molecule has 0 radical (unpaired) electrons. The van der Waals surface area contributed by atoms with E-state index in [2.05, 4.69) is 238 Å². The molecule has 2 nitrogen and oxygen atoms in total. The van der Waals surface area contributed by atoms with Crippen LogP contribution in [-0.2, 0) is 21.7 Å². The van der Waals surface area contributed by atoms with Crippen LogP contribution in [0.4, 0.5) is 0 Å². The van der Waals surface area contributed by atoms with Crippen LogP contribution < -0.4 is 0 Å². The fraction of sp³-hybridized carbons (Fsp3) is 0.300. The third-order valence-electron chi connectivity index (χ3n) is 18.3. The highest BCUT2D eigenvalue weighted by molar-refractivity contribution is 6.12. The molecule has 0 spiro atoms. The summed E-state index contributed by atoms with van der Waals surface area (Å²) in [7, 11) is 0. The van der Waals surface area contributed by atoms with E-state index >= 15 is 0 Å². The third kappa shape index (κ3) is 4.82. The lowest BCUT2D eigenvalue weighted by Crippen LogP contribution is -2.42.